The van der Waals surface area contributed by atoms with Gasteiger partial charge in [0.05, 0.1) is 6.54 Å². The molecule has 0 bridgehead atoms. The lowest BCUT2D eigenvalue weighted by Crippen LogP contribution is -2.22. The Balaban J connectivity index is 1.89. The van der Waals surface area contributed by atoms with Crippen molar-refractivity contribution < 1.29 is 4.74 Å². The molecule has 1 N–H and O–H groups in total. The fourth-order valence-corrected chi connectivity index (χ4v) is 2.17. The third-order valence-corrected chi connectivity index (χ3v) is 3.64. The molecule has 5 heteroatoms. The van der Waals surface area contributed by atoms with Crippen molar-refractivity contribution in [1.82, 2.24) is 15.1 Å². The monoisotopic (exact) mass is 337 g/mol. The number of rotatable bonds is 7. The maximum absolute atomic E-state index is 5.77. The molecule has 0 amide bonds. The van der Waals surface area contributed by atoms with Crippen LogP contribution in [-0.4, -0.2) is 22.4 Å². The molecule has 2 rings (SSSR count). The van der Waals surface area contributed by atoms with E-state index in [-0.39, 0.29) is 0 Å². The van der Waals surface area contributed by atoms with E-state index in [4.69, 9.17) is 4.74 Å². The van der Waals surface area contributed by atoms with Gasteiger partial charge in [-0.1, -0.05) is 29.8 Å². The predicted molar refractivity (Wildman–Crippen MR) is 83.8 cm³/mol. The van der Waals surface area contributed by atoms with Crippen LogP contribution in [0.1, 0.15) is 19.4 Å². The molecule has 0 saturated carbocycles. The van der Waals surface area contributed by atoms with Crippen molar-refractivity contribution in [2.75, 3.05) is 6.61 Å². The molecule has 0 aliphatic heterocycles. The summed E-state index contributed by atoms with van der Waals surface area (Å²) in [6.07, 6.45) is 3.71. The highest BCUT2D eigenvalue weighted by Gasteiger charge is 2.04. The molecule has 108 valence electrons. The van der Waals surface area contributed by atoms with Gasteiger partial charge in [0.2, 0.25) is 0 Å². The van der Waals surface area contributed by atoms with Crippen LogP contribution in [0.2, 0.25) is 0 Å². The van der Waals surface area contributed by atoms with E-state index < -0.39 is 0 Å². The minimum Gasteiger partial charge on any atom is -0.492 e. The van der Waals surface area contributed by atoms with Crippen molar-refractivity contribution in [3.8, 4) is 5.75 Å². The van der Waals surface area contributed by atoms with Crippen molar-refractivity contribution in [2.45, 2.75) is 33.0 Å². The minimum atomic E-state index is 0.464. The van der Waals surface area contributed by atoms with Crippen LogP contribution >= 0.6 is 15.9 Å². The van der Waals surface area contributed by atoms with E-state index in [9.17, 15) is 0 Å². The van der Waals surface area contributed by atoms with Crippen LogP contribution in [0.5, 0.6) is 5.75 Å². The Morgan fingerprint density at radius 2 is 2.25 bits per heavy atom. The van der Waals surface area contributed by atoms with Crippen LogP contribution in [-0.2, 0) is 13.1 Å². The quantitative estimate of drug-likeness (QED) is 0.843. The summed E-state index contributed by atoms with van der Waals surface area (Å²) in [6, 6.07) is 8.45. The second-order valence-corrected chi connectivity index (χ2v) is 5.76. The number of aromatic nitrogens is 2. The van der Waals surface area contributed by atoms with Gasteiger partial charge in [-0.3, -0.25) is 4.68 Å². The molecule has 0 spiro atoms. The van der Waals surface area contributed by atoms with Gasteiger partial charge in [-0.05, 0) is 29.8 Å². The average Bonchev–Trinajstić information content (AvgIpc) is 2.92. The van der Waals surface area contributed by atoms with E-state index in [2.05, 4.69) is 46.3 Å². The number of benzene rings is 1. The summed E-state index contributed by atoms with van der Waals surface area (Å²) >= 11 is 3.57. The van der Waals surface area contributed by atoms with Gasteiger partial charge in [0.25, 0.3) is 0 Å². The molecule has 0 aliphatic carbocycles. The largest absolute Gasteiger partial charge is 0.492 e. The van der Waals surface area contributed by atoms with Crippen LogP contribution in [0.4, 0.5) is 0 Å². The van der Waals surface area contributed by atoms with E-state index in [1.807, 2.05) is 29.1 Å². The topological polar surface area (TPSA) is 39.1 Å². The lowest BCUT2D eigenvalue weighted by molar-refractivity contribution is 0.291. The molecule has 0 fully saturated rings. The summed E-state index contributed by atoms with van der Waals surface area (Å²) in [4.78, 5) is 0. The molecule has 1 aromatic heterocycles. The van der Waals surface area contributed by atoms with Crippen molar-refractivity contribution >= 4 is 15.9 Å². The number of halogens is 1. The van der Waals surface area contributed by atoms with Crippen molar-refractivity contribution in [1.29, 1.82) is 0 Å². The second kappa shape index (κ2) is 7.45. The fourth-order valence-electron chi connectivity index (χ4n) is 1.78. The van der Waals surface area contributed by atoms with Crippen LogP contribution in [0.15, 0.2) is 41.1 Å². The molecular weight excluding hydrogens is 318 g/mol. The van der Waals surface area contributed by atoms with Crippen LogP contribution in [0, 0.1) is 0 Å². The first-order valence-corrected chi connectivity index (χ1v) is 7.56. The maximum Gasteiger partial charge on any atom is 0.119 e. The molecule has 1 aromatic carbocycles. The predicted octanol–water partition coefficient (Wildman–Crippen LogP) is 3.22. The van der Waals surface area contributed by atoms with Gasteiger partial charge in [-0.15, -0.1) is 0 Å². The summed E-state index contributed by atoms with van der Waals surface area (Å²) < 4.78 is 8.74. The van der Waals surface area contributed by atoms with E-state index in [0.717, 1.165) is 23.3 Å². The Morgan fingerprint density at radius 3 is 2.95 bits per heavy atom. The molecule has 4 nitrogen and oxygen atoms in total. The summed E-state index contributed by atoms with van der Waals surface area (Å²) in [7, 11) is 0. The zero-order valence-electron chi connectivity index (χ0n) is 11.8. The Labute approximate surface area is 128 Å². The van der Waals surface area contributed by atoms with Gasteiger partial charge >= 0.3 is 0 Å². The summed E-state index contributed by atoms with van der Waals surface area (Å²) in [5.41, 5.74) is 1.20. The number of nitrogens with zero attached hydrogens (tertiary/aromatic N) is 2. The Hall–Kier alpha value is -1.33. The first-order valence-electron chi connectivity index (χ1n) is 6.77. The third-order valence-electron chi connectivity index (χ3n) is 2.87. The standard InChI is InChI=1S/C15H20BrN3O/c1-12(2)17-11-13-10-14(4-5-15(13)16)20-9-8-19-7-3-6-18-19/h3-7,10,12,17H,8-9,11H2,1-2H3. The first kappa shape index (κ1) is 15.1. The normalized spacial score (nSPS) is 11.0. The van der Waals surface area contributed by atoms with Crippen molar-refractivity contribution in [3.63, 3.8) is 0 Å². The first-order chi connectivity index (χ1) is 9.65. The molecule has 0 unspecified atom stereocenters. The second-order valence-electron chi connectivity index (χ2n) is 4.91. The van der Waals surface area contributed by atoms with Gasteiger partial charge in [0.1, 0.15) is 12.4 Å². The van der Waals surface area contributed by atoms with Gasteiger partial charge < -0.3 is 10.1 Å². The summed E-state index contributed by atoms with van der Waals surface area (Å²) in [5, 5.41) is 7.56. The van der Waals surface area contributed by atoms with Gasteiger partial charge in [-0.2, -0.15) is 5.10 Å². The number of hydrogen-bond acceptors (Lipinski definition) is 3. The summed E-state index contributed by atoms with van der Waals surface area (Å²) in [6.45, 7) is 6.47. The number of nitrogens with one attached hydrogen (secondary N) is 1. The maximum atomic E-state index is 5.77. The molecule has 0 atom stereocenters. The third kappa shape index (κ3) is 4.65. The van der Waals surface area contributed by atoms with Crippen LogP contribution in [0.3, 0.4) is 0 Å². The van der Waals surface area contributed by atoms with Gasteiger partial charge in [0, 0.05) is 29.5 Å². The molecule has 2 aromatic rings. The van der Waals surface area contributed by atoms with E-state index in [1.165, 1.54) is 5.56 Å². The minimum absolute atomic E-state index is 0.464. The van der Waals surface area contributed by atoms with E-state index in [1.54, 1.807) is 6.20 Å². The fraction of sp³-hybridized carbons (Fsp3) is 0.400. The number of hydrogen-bond donors (Lipinski definition) is 1. The molecule has 0 saturated heterocycles. The highest BCUT2D eigenvalue weighted by Crippen LogP contribution is 2.22. The number of ether oxygens (including phenoxy) is 1. The zero-order chi connectivity index (χ0) is 14.4. The molecule has 1 heterocycles. The highest BCUT2D eigenvalue weighted by molar-refractivity contribution is 9.10. The molecule has 20 heavy (non-hydrogen) atoms. The lowest BCUT2D eigenvalue weighted by Gasteiger charge is -2.12. The molecular formula is C15H20BrN3O. The van der Waals surface area contributed by atoms with Crippen LogP contribution in [0.25, 0.3) is 0 Å². The van der Waals surface area contributed by atoms with Gasteiger partial charge in [-0.25, -0.2) is 0 Å². The summed E-state index contributed by atoms with van der Waals surface area (Å²) in [5.74, 6) is 0.890. The zero-order valence-corrected chi connectivity index (χ0v) is 13.4. The molecule has 0 aliphatic rings. The van der Waals surface area contributed by atoms with E-state index in [0.29, 0.717) is 12.6 Å². The van der Waals surface area contributed by atoms with Crippen molar-refractivity contribution in [3.05, 3.63) is 46.7 Å². The average molecular weight is 338 g/mol. The lowest BCUT2D eigenvalue weighted by atomic mass is 10.2. The van der Waals surface area contributed by atoms with Crippen molar-refractivity contribution in [2.24, 2.45) is 0 Å². The Morgan fingerprint density at radius 1 is 1.40 bits per heavy atom. The van der Waals surface area contributed by atoms with Crippen LogP contribution < -0.4 is 10.1 Å². The highest BCUT2D eigenvalue weighted by atomic mass is 79.9. The van der Waals surface area contributed by atoms with E-state index >= 15 is 0 Å². The Bertz CT molecular complexity index is 526. The Kier molecular flexibility index (Phi) is 5.61. The smallest absolute Gasteiger partial charge is 0.119 e. The SMILES string of the molecule is CC(C)NCc1cc(OCCn2cccn2)ccc1Br. The van der Waals surface area contributed by atoms with Gasteiger partial charge in [0.15, 0.2) is 0 Å². The molecule has 0 radical (unpaired) electrons.